The fourth-order valence-corrected chi connectivity index (χ4v) is 4.41. The van der Waals surface area contributed by atoms with Crippen molar-refractivity contribution in [2.45, 2.75) is 23.8 Å². The maximum absolute atomic E-state index is 12.4. The summed E-state index contributed by atoms with van der Waals surface area (Å²) in [7, 11) is -3.55. The number of hydrogen-bond acceptors (Lipinski definition) is 5. The molecular formula is C13H18N4O2S2. The quantitative estimate of drug-likeness (QED) is 0.762. The average Bonchev–Trinajstić information content (AvgIpc) is 2.48. The third-order valence-corrected chi connectivity index (χ3v) is 5.95. The Kier molecular flexibility index (Phi) is 3.96. The molecule has 3 aliphatic rings. The highest BCUT2D eigenvalue weighted by Crippen LogP contribution is 2.28. The van der Waals surface area contributed by atoms with Crippen LogP contribution in [0.15, 0.2) is 23.2 Å². The fourth-order valence-electron chi connectivity index (χ4n) is 3.05. The summed E-state index contributed by atoms with van der Waals surface area (Å²) < 4.78 is 27.7. The Balaban J connectivity index is 1.76. The van der Waals surface area contributed by atoms with Crippen molar-refractivity contribution in [2.24, 2.45) is 11.7 Å². The van der Waals surface area contributed by atoms with E-state index >= 15 is 0 Å². The van der Waals surface area contributed by atoms with E-state index in [-0.39, 0.29) is 15.9 Å². The third-order valence-electron chi connectivity index (χ3n) is 4.26. The summed E-state index contributed by atoms with van der Waals surface area (Å²) in [4.78, 5) is 6.61. The largest absolute Gasteiger partial charge is 0.388 e. The smallest absolute Gasteiger partial charge is 0.242 e. The minimum atomic E-state index is -3.55. The number of nitrogens with two attached hydrogens (primary N) is 1. The maximum Gasteiger partial charge on any atom is 0.242 e. The molecule has 3 N–H and O–H groups in total. The standard InChI is InChI=1S/C13H18N4O2S2/c14-13(20)11-2-1-10(7-15-11)21(18,19)16-12-8-17-5-3-9(12)4-6-17/h1-2,7,9,12,16H,3-6,8H2,(H2,14,20). The lowest BCUT2D eigenvalue weighted by molar-refractivity contribution is 0.0827. The van der Waals surface area contributed by atoms with Gasteiger partial charge in [0.05, 0.1) is 5.69 Å². The van der Waals surface area contributed by atoms with Crippen molar-refractivity contribution in [2.75, 3.05) is 19.6 Å². The summed E-state index contributed by atoms with van der Waals surface area (Å²) >= 11 is 4.81. The zero-order chi connectivity index (χ0) is 15.0. The number of hydrogen-bond donors (Lipinski definition) is 2. The molecule has 0 radical (unpaired) electrons. The minimum absolute atomic E-state index is 0.00670. The zero-order valence-corrected chi connectivity index (χ0v) is 13.2. The van der Waals surface area contributed by atoms with Gasteiger partial charge in [-0.2, -0.15) is 0 Å². The predicted octanol–water partition coefficient (Wildman–Crippen LogP) is 0.0883. The number of aromatic nitrogens is 1. The van der Waals surface area contributed by atoms with Gasteiger partial charge in [0.1, 0.15) is 9.88 Å². The van der Waals surface area contributed by atoms with Crippen LogP contribution in [-0.2, 0) is 10.0 Å². The summed E-state index contributed by atoms with van der Waals surface area (Å²) in [6.45, 7) is 2.95. The molecule has 1 unspecified atom stereocenters. The van der Waals surface area contributed by atoms with Crippen LogP contribution in [0, 0.1) is 5.92 Å². The number of pyridine rings is 1. The molecule has 0 spiro atoms. The lowest BCUT2D eigenvalue weighted by atomic mass is 9.85. The van der Waals surface area contributed by atoms with Gasteiger partial charge in [0.15, 0.2) is 0 Å². The Morgan fingerprint density at radius 3 is 2.57 bits per heavy atom. The van der Waals surface area contributed by atoms with Crippen molar-refractivity contribution in [1.82, 2.24) is 14.6 Å². The molecule has 2 bridgehead atoms. The van der Waals surface area contributed by atoms with E-state index in [0.29, 0.717) is 11.6 Å². The van der Waals surface area contributed by atoms with Crippen LogP contribution in [0.25, 0.3) is 0 Å². The van der Waals surface area contributed by atoms with Gasteiger partial charge in [-0.05, 0) is 44.0 Å². The number of fused-ring (bicyclic) bond motifs is 3. The summed E-state index contributed by atoms with van der Waals surface area (Å²) in [5.74, 6) is 0.439. The molecule has 8 heteroatoms. The van der Waals surface area contributed by atoms with Gasteiger partial charge >= 0.3 is 0 Å². The number of thiocarbonyl (C=S) groups is 1. The summed E-state index contributed by atoms with van der Waals surface area (Å²) in [6.07, 6.45) is 3.43. The van der Waals surface area contributed by atoms with Crippen LogP contribution in [0.4, 0.5) is 0 Å². The first kappa shape index (κ1) is 14.8. The van der Waals surface area contributed by atoms with Crippen LogP contribution >= 0.6 is 12.2 Å². The molecule has 1 aromatic heterocycles. The van der Waals surface area contributed by atoms with Gasteiger partial charge in [0, 0.05) is 18.8 Å². The molecule has 1 atom stereocenters. The van der Waals surface area contributed by atoms with E-state index in [9.17, 15) is 8.42 Å². The van der Waals surface area contributed by atoms with Gasteiger partial charge in [-0.1, -0.05) is 12.2 Å². The second kappa shape index (κ2) is 5.60. The van der Waals surface area contributed by atoms with Crippen LogP contribution in [0.5, 0.6) is 0 Å². The van der Waals surface area contributed by atoms with Crippen molar-refractivity contribution in [3.63, 3.8) is 0 Å². The summed E-state index contributed by atoms with van der Waals surface area (Å²) in [5.41, 5.74) is 5.88. The first-order valence-electron chi connectivity index (χ1n) is 6.96. The van der Waals surface area contributed by atoms with Gasteiger partial charge in [0.25, 0.3) is 0 Å². The van der Waals surface area contributed by atoms with Gasteiger partial charge in [-0.3, -0.25) is 4.98 Å². The Morgan fingerprint density at radius 2 is 2.10 bits per heavy atom. The first-order valence-corrected chi connectivity index (χ1v) is 8.85. The van der Waals surface area contributed by atoms with Crippen LogP contribution in [-0.4, -0.2) is 49.0 Å². The Labute approximate surface area is 129 Å². The molecule has 6 nitrogen and oxygen atoms in total. The molecule has 4 rings (SSSR count). The van der Waals surface area contributed by atoms with Crippen molar-refractivity contribution in [3.8, 4) is 0 Å². The molecule has 4 heterocycles. The van der Waals surface area contributed by atoms with Crippen LogP contribution < -0.4 is 10.5 Å². The number of piperidine rings is 3. The molecule has 0 aromatic carbocycles. The van der Waals surface area contributed by atoms with Gasteiger partial charge in [0.2, 0.25) is 10.0 Å². The Hall–Kier alpha value is -1.09. The normalized spacial score (nSPS) is 28.5. The van der Waals surface area contributed by atoms with E-state index in [2.05, 4.69) is 14.6 Å². The van der Waals surface area contributed by atoms with Gasteiger partial charge in [-0.15, -0.1) is 0 Å². The maximum atomic E-state index is 12.4. The van der Waals surface area contributed by atoms with Crippen LogP contribution in [0.1, 0.15) is 18.5 Å². The first-order chi connectivity index (χ1) is 9.95. The summed E-state index contributed by atoms with van der Waals surface area (Å²) in [5, 5.41) is 0. The molecule has 21 heavy (non-hydrogen) atoms. The van der Waals surface area contributed by atoms with E-state index in [1.54, 1.807) is 0 Å². The molecule has 0 aliphatic carbocycles. The van der Waals surface area contributed by atoms with Crippen LogP contribution in [0.3, 0.4) is 0 Å². The number of rotatable bonds is 4. The monoisotopic (exact) mass is 326 g/mol. The molecule has 0 amide bonds. The number of nitrogens with one attached hydrogen (secondary N) is 1. The van der Waals surface area contributed by atoms with Gasteiger partial charge in [-0.25, -0.2) is 13.1 Å². The molecule has 0 saturated carbocycles. The molecule has 3 fully saturated rings. The second-order valence-electron chi connectivity index (χ2n) is 5.61. The van der Waals surface area contributed by atoms with Crippen molar-refractivity contribution >= 4 is 27.2 Å². The van der Waals surface area contributed by atoms with Crippen LogP contribution in [0.2, 0.25) is 0 Å². The minimum Gasteiger partial charge on any atom is -0.388 e. The highest BCUT2D eigenvalue weighted by atomic mass is 32.2. The molecule has 1 aromatic rings. The van der Waals surface area contributed by atoms with E-state index in [1.165, 1.54) is 18.3 Å². The predicted molar refractivity (Wildman–Crippen MR) is 83.4 cm³/mol. The Morgan fingerprint density at radius 1 is 1.38 bits per heavy atom. The zero-order valence-electron chi connectivity index (χ0n) is 11.5. The fraction of sp³-hybridized carbons (Fsp3) is 0.538. The highest BCUT2D eigenvalue weighted by molar-refractivity contribution is 7.89. The molecular weight excluding hydrogens is 308 g/mol. The van der Waals surface area contributed by atoms with Gasteiger partial charge < -0.3 is 10.6 Å². The summed E-state index contributed by atoms with van der Waals surface area (Å²) in [6, 6.07) is 3.02. The lowest BCUT2D eigenvalue weighted by Crippen LogP contribution is -2.57. The molecule has 3 aliphatic heterocycles. The van der Waals surface area contributed by atoms with E-state index < -0.39 is 10.0 Å². The van der Waals surface area contributed by atoms with Crippen molar-refractivity contribution in [3.05, 3.63) is 24.0 Å². The van der Waals surface area contributed by atoms with E-state index in [1.807, 2.05) is 0 Å². The molecule has 114 valence electrons. The number of nitrogens with zero attached hydrogens (tertiary/aromatic N) is 2. The third kappa shape index (κ3) is 3.08. The highest BCUT2D eigenvalue weighted by Gasteiger charge is 2.36. The average molecular weight is 326 g/mol. The lowest BCUT2D eigenvalue weighted by Gasteiger charge is -2.44. The topological polar surface area (TPSA) is 88.3 Å². The SMILES string of the molecule is NC(=S)c1ccc(S(=O)(=O)NC2CN3CCC2CC3)cn1. The molecule has 3 saturated heterocycles. The Bertz CT molecular complexity index is 637. The van der Waals surface area contributed by atoms with E-state index in [0.717, 1.165) is 32.5 Å². The van der Waals surface area contributed by atoms with Crippen molar-refractivity contribution < 1.29 is 8.42 Å². The second-order valence-corrected chi connectivity index (χ2v) is 7.76. The number of sulfonamides is 1. The van der Waals surface area contributed by atoms with E-state index in [4.69, 9.17) is 18.0 Å². The van der Waals surface area contributed by atoms with Crippen molar-refractivity contribution in [1.29, 1.82) is 0 Å².